The highest BCUT2D eigenvalue weighted by Gasteiger charge is 2.41. The number of hydrogen-bond donors (Lipinski definition) is 0. The maximum absolute atomic E-state index is 12.8. The van der Waals surface area contributed by atoms with Gasteiger partial charge in [-0.25, -0.2) is 4.98 Å². The van der Waals surface area contributed by atoms with Crippen molar-refractivity contribution in [2.45, 2.75) is 25.9 Å². The third kappa shape index (κ3) is 5.49. The fraction of sp³-hybridized carbons (Fsp3) is 0.500. The minimum absolute atomic E-state index is 0.0201. The van der Waals surface area contributed by atoms with E-state index < -0.39 is 47.8 Å². The smallest absolute Gasteiger partial charge is 0.495 e. The van der Waals surface area contributed by atoms with Crippen LogP contribution in [0.5, 0.6) is 11.6 Å². The summed E-state index contributed by atoms with van der Waals surface area (Å²) in [7, 11) is 0.982. The first kappa shape index (κ1) is 18.8. The predicted octanol–water partition coefficient (Wildman–Crippen LogP) is 3.11. The first-order valence-electron chi connectivity index (χ1n) is 6.04. The van der Waals surface area contributed by atoms with E-state index in [1.54, 1.807) is 0 Å². The predicted molar refractivity (Wildman–Crippen MR) is 62.8 cm³/mol. The van der Waals surface area contributed by atoms with Crippen molar-refractivity contribution in [1.29, 1.82) is 0 Å². The lowest BCUT2D eigenvalue weighted by atomic mass is 10.2. The number of carbonyl (C=O) groups excluding carboxylic acids is 1. The molecule has 0 fully saturated rings. The van der Waals surface area contributed by atoms with Crippen LogP contribution in [-0.4, -0.2) is 31.0 Å². The Morgan fingerprint density at radius 1 is 1.22 bits per heavy atom. The summed E-state index contributed by atoms with van der Waals surface area (Å²) in [6.45, 7) is 1.46. The van der Waals surface area contributed by atoms with E-state index in [1.165, 1.54) is 6.92 Å². The highest BCUT2D eigenvalue weighted by atomic mass is 19.4. The lowest BCUT2D eigenvalue weighted by Gasteiger charge is -2.17. The number of halogens is 6. The number of ether oxygens (including phenoxy) is 3. The van der Waals surface area contributed by atoms with Gasteiger partial charge in [-0.15, -0.1) is 13.2 Å². The first-order chi connectivity index (χ1) is 10.5. The van der Waals surface area contributed by atoms with Gasteiger partial charge in [-0.2, -0.15) is 13.2 Å². The van der Waals surface area contributed by atoms with E-state index in [2.05, 4.69) is 19.2 Å². The zero-order chi connectivity index (χ0) is 17.8. The molecule has 1 aromatic heterocycles. The standard InChI is InChI=1S/C12H11F6NO4/c1-3-22-9(20)5-7-8(21-2)4-6(11(13,14)15)10(19-7)23-12(16,17)18/h4H,3,5H2,1-2H3. The van der Waals surface area contributed by atoms with E-state index in [1.807, 2.05) is 0 Å². The van der Waals surface area contributed by atoms with E-state index >= 15 is 0 Å². The van der Waals surface area contributed by atoms with Gasteiger partial charge in [0.1, 0.15) is 11.3 Å². The molecule has 1 heterocycles. The molecule has 0 radical (unpaired) electrons. The van der Waals surface area contributed by atoms with Gasteiger partial charge in [-0.3, -0.25) is 4.79 Å². The molecule has 0 saturated heterocycles. The second-order valence-electron chi connectivity index (χ2n) is 4.02. The molecule has 5 nitrogen and oxygen atoms in total. The Morgan fingerprint density at radius 2 is 1.83 bits per heavy atom. The van der Waals surface area contributed by atoms with Crippen LogP contribution in [0.1, 0.15) is 18.2 Å². The number of methoxy groups -OCH3 is 1. The third-order valence-electron chi connectivity index (χ3n) is 2.38. The van der Waals surface area contributed by atoms with Gasteiger partial charge >= 0.3 is 18.5 Å². The van der Waals surface area contributed by atoms with Gasteiger partial charge in [0, 0.05) is 0 Å². The van der Waals surface area contributed by atoms with Gasteiger partial charge in [0.15, 0.2) is 0 Å². The second kappa shape index (κ2) is 6.92. The van der Waals surface area contributed by atoms with Gasteiger partial charge in [0.25, 0.3) is 0 Å². The van der Waals surface area contributed by atoms with E-state index in [0.29, 0.717) is 0 Å². The zero-order valence-electron chi connectivity index (χ0n) is 11.8. The van der Waals surface area contributed by atoms with Crippen LogP contribution < -0.4 is 9.47 Å². The molecule has 1 rings (SSSR count). The van der Waals surface area contributed by atoms with Crippen LogP contribution in [0, 0.1) is 0 Å². The van der Waals surface area contributed by atoms with Gasteiger partial charge < -0.3 is 14.2 Å². The maximum Gasteiger partial charge on any atom is 0.574 e. The number of rotatable bonds is 5. The summed E-state index contributed by atoms with van der Waals surface area (Å²) in [5, 5.41) is 0. The summed E-state index contributed by atoms with van der Waals surface area (Å²) in [6, 6.07) is 0.280. The summed E-state index contributed by atoms with van der Waals surface area (Å²) < 4.78 is 87.7. The minimum Gasteiger partial charge on any atom is -0.495 e. The summed E-state index contributed by atoms with van der Waals surface area (Å²) in [4.78, 5) is 14.5. The molecule has 0 N–H and O–H groups in total. The maximum atomic E-state index is 12.8. The van der Waals surface area contributed by atoms with Crippen LogP contribution in [0.4, 0.5) is 26.3 Å². The molecule has 0 unspecified atom stereocenters. The average molecular weight is 347 g/mol. The van der Waals surface area contributed by atoms with Crippen LogP contribution in [-0.2, 0) is 22.1 Å². The number of nitrogens with zero attached hydrogens (tertiary/aromatic N) is 1. The Bertz CT molecular complexity index is 570. The Balaban J connectivity index is 3.36. The summed E-state index contributed by atoms with van der Waals surface area (Å²) >= 11 is 0. The minimum atomic E-state index is -5.39. The second-order valence-corrected chi connectivity index (χ2v) is 4.02. The molecule has 0 spiro atoms. The molecule has 130 valence electrons. The number of pyridine rings is 1. The van der Waals surface area contributed by atoms with Crippen LogP contribution in [0.3, 0.4) is 0 Å². The largest absolute Gasteiger partial charge is 0.574 e. The van der Waals surface area contributed by atoms with Crippen molar-refractivity contribution < 1.29 is 45.3 Å². The number of alkyl halides is 6. The van der Waals surface area contributed by atoms with Crippen molar-refractivity contribution in [3.63, 3.8) is 0 Å². The van der Waals surface area contributed by atoms with Crippen molar-refractivity contribution in [1.82, 2.24) is 4.98 Å². The summed E-state index contributed by atoms with van der Waals surface area (Å²) in [5.41, 5.74) is -2.25. The van der Waals surface area contributed by atoms with Crippen LogP contribution in [0.15, 0.2) is 6.07 Å². The Morgan fingerprint density at radius 3 is 2.26 bits per heavy atom. The normalized spacial score (nSPS) is 12.0. The molecule has 1 aromatic rings. The Hall–Kier alpha value is -2.20. The van der Waals surface area contributed by atoms with Crippen molar-refractivity contribution in [3.05, 3.63) is 17.3 Å². The first-order valence-corrected chi connectivity index (χ1v) is 6.04. The number of carbonyl (C=O) groups is 1. The molecule has 23 heavy (non-hydrogen) atoms. The van der Waals surface area contributed by atoms with Crippen LogP contribution in [0.25, 0.3) is 0 Å². The molecule has 0 amide bonds. The zero-order valence-corrected chi connectivity index (χ0v) is 11.8. The molecule has 0 saturated carbocycles. The number of aromatic nitrogens is 1. The monoisotopic (exact) mass is 347 g/mol. The van der Waals surface area contributed by atoms with Crippen molar-refractivity contribution in [3.8, 4) is 11.6 Å². The molecule has 11 heteroatoms. The van der Waals surface area contributed by atoms with Crippen molar-refractivity contribution in [2.24, 2.45) is 0 Å². The van der Waals surface area contributed by atoms with Crippen LogP contribution in [0.2, 0.25) is 0 Å². The Labute approximate surface area is 126 Å². The molecule has 0 aliphatic carbocycles. The molecule has 0 atom stereocenters. The molecule has 0 aromatic carbocycles. The van der Waals surface area contributed by atoms with E-state index in [4.69, 9.17) is 0 Å². The van der Waals surface area contributed by atoms with E-state index in [-0.39, 0.29) is 12.7 Å². The summed E-state index contributed by atoms with van der Waals surface area (Å²) in [5.74, 6) is -3.12. The highest BCUT2D eigenvalue weighted by Crippen LogP contribution is 2.40. The quantitative estimate of drug-likeness (QED) is 0.605. The topological polar surface area (TPSA) is 57.7 Å². The number of hydrogen-bond acceptors (Lipinski definition) is 5. The van der Waals surface area contributed by atoms with Gasteiger partial charge in [0.2, 0.25) is 5.88 Å². The lowest BCUT2D eigenvalue weighted by molar-refractivity contribution is -0.277. The fourth-order valence-electron chi connectivity index (χ4n) is 1.56. The molecular weight excluding hydrogens is 336 g/mol. The van der Waals surface area contributed by atoms with Crippen molar-refractivity contribution in [2.75, 3.05) is 13.7 Å². The summed E-state index contributed by atoms with van der Waals surface area (Å²) in [6.07, 6.45) is -11.2. The van der Waals surface area contributed by atoms with Crippen LogP contribution >= 0.6 is 0 Å². The molecular formula is C12H11F6NO4. The fourth-order valence-corrected chi connectivity index (χ4v) is 1.56. The Kier molecular flexibility index (Phi) is 5.67. The third-order valence-corrected chi connectivity index (χ3v) is 2.38. The van der Waals surface area contributed by atoms with E-state index in [0.717, 1.165) is 7.11 Å². The van der Waals surface area contributed by atoms with E-state index in [9.17, 15) is 31.1 Å². The van der Waals surface area contributed by atoms with Gasteiger partial charge in [-0.05, 0) is 13.0 Å². The van der Waals surface area contributed by atoms with Gasteiger partial charge in [0.05, 0.1) is 25.8 Å². The lowest BCUT2D eigenvalue weighted by Crippen LogP contribution is -2.22. The average Bonchev–Trinajstić information content (AvgIpc) is 2.35. The SMILES string of the molecule is CCOC(=O)Cc1nc(OC(F)(F)F)c(C(F)(F)F)cc1OC. The molecule has 0 bridgehead atoms. The number of esters is 1. The van der Waals surface area contributed by atoms with Crippen molar-refractivity contribution >= 4 is 5.97 Å². The molecule has 0 aliphatic heterocycles. The highest BCUT2D eigenvalue weighted by molar-refractivity contribution is 5.73. The van der Waals surface area contributed by atoms with Gasteiger partial charge in [-0.1, -0.05) is 0 Å². The molecule has 0 aliphatic rings.